The van der Waals surface area contributed by atoms with Crippen molar-refractivity contribution in [1.29, 1.82) is 0 Å². The van der Waals surface area contributed by atoms with Gasteiger partial charge in [-0.3, -0.25) is 18.7 Å². The Balaban J connectivity index is 1.77. The highest BCUT2D eigenvalue weighted by Gasteiger charge is 2.20. The van der Waals surface area contributed by atoms with Crippen LogP contribution < -0.4 is 16.6 Å². The minimum absolute atomic E-state index is 0.155. The van der Waals surface area contributed by atoms with Gasteiger partial charge in [-0.1, -0.05) is 24.3 Å². The lowest BCUT2D eigenvalue weighted by atomic mass is 9.90. The molecule has 0 atom stereocenters. The number of aryl methyl sites for hydroxylation is 2. The molecule has 3 heterocycles. The normalized spacial score (nSPS) is 15.0. The van der Waals surface area contributed by atoms with Crippen LogP contribution in [0.2, 0.25) is 0 Å². The zero-order valence-corrected chi connectivity index (χ0v) is 17.1. The number of hydrogen-bond donors (Lipinski definition) is 2. The molecule has 0 aliphatic carbocycles. The van der Waals surface area contributed by atoms with E-state index in [0.717, 1.165) is 36.1 Å². The highest BCUT2D eigenvalue weighted by Crippen LogP contribution is 2.28. The van der Waals surface area contributed by atoms with Gasteiger partial charge in [0.25, 0.3) is 5.56 Å². The van der Waals surface area contributed by atoms with Crippen molar-refractivity contribution >= 4 is 17.1 Å². The molecule has 30 heavy (non-hydrogen) atoms. The van der Waals surface area contributed by atoms with Crippen LogP contribution in [0.15, 0.2) is 33.9 Å². The molecule has 9 nitrogen and oxygen atoms in total. The maximum Gasteiger partial charge on any atom is 0.332 e. The highest BCUT2D eigenvalue weighted by molar-refractivity contribution is 5.77. The fourth-order valence-electron chi connectivity index (χ4n) is 4.23. The molecule has 158 valence electrons. The largest absolute Gasteiger partial charge is 0.481 e. The van der Waals surface area contributed by atoms with Gasteiger partial charge >= 0.3 is 11.7 Å². The predicted octanol–water partition coefficient (Wildman–Crippen LogP) is 1.04. The number of carbonyl (C=O) groups is 1. The molecular weight excluding hydrogens is 386 g/mol. The van der Waals surface area contributed by atoms with Gasteiger partial charge in [-0.25, -0.2) is 9.78 Å². The molecule has 1 saturated heterocycles. The van der Waals surface area contributed by atoms with Crippen molar-refractivity contribution in [3.63, 3.8) is 0 Å². The number of carboxylic acid groups (broad SMARTS) is 1. The van der Waals surface area contributed by atoms with E-state index in [1.165, 1.54) is 10.1 Å². The number of piperidine rings is 1. The number of imidazole rings is 1. The first-order chi connectivity index (χ1) is 14.4. The minimum Gasteiger partial charge on any atom is -0.481 e. The number of carboxylic acids is 1. The average Bonchev–Trinajstić information content (AvgIpc) is 3.10. The average molecular weight is 411 g/mol. The lowest BCUT2D eigenvalue weighted by Gasteiger charge is -2.23. The van der Waals surface area contributed by atoms with Crippen LogP contribution in [-0.4, -0.2) is 42.9 Å². The maximum absolute atomic E-state index is 12.8. The van der Waals surface area contributed by atoms with E-state index in [0.29, 0.717) is 17.4 Å². The lowest BCUT2D eigenvalue weighted by Crippen LogP contribution is -2.39. The first kappa shape index (κ1) is 20.1. The van der Waals surface area contributed by atoms with E-state index < -0.39 is 17.2 Å². The summed E-state index contributed by atoms with van der Waals surface area (Å²) in [5.74, 6) is 0.0625. The Labute approximate surface area is 172 Å². The van der Waals surface area contributed by atoms with E-state index in [4.69, 9.17) is 5.11 Å². The second-order valence-corrected chi connectivity index (χ2v) is 7.76. The SMILES string of the molecule is Cn1c(-c2ccc(C3CCNCC3)cc2)nc2c(=O)n(CCC(=O)O)c(=O)n(C)c21. The Morgan fingerprint density at radius 2 is 1.80 bits per heavy atom. The second-order valence-electron chi connectivity index (χ2n) is 7.76. The van der Waals surface area contributed by atoms with E-state index in [1.54, 1.807) is 18.7 Å². The fourth-order valence-corrected chi connectivity index (χ4v) is 4.23. The topological polar surface area (TPSA) is 111 Å². The van der Waals surface area contributed by atoms with Crippen molar-refractivity contribution in [3.8, 4) is 11.4 Å². The van der Waals surface area contributed by atoms with Gasteiger partial charge in [0, 0.05) is 26.2 Å². The van der Waals surface area contributed by atoms with Gasteiger partial charge in [0.05, 0.1) is 6.42 Å². The zero-order chi connectivity index (χ0) is 21.4. The monoisotopic (exact) mass is 411 g/mol. The Hall–Kier alpha value is -3.20. The Kier molecular flexibility index (Phi) is 5.29. The molecular formula is C21H25N5O4. The summed E-state index contributed by atoms with van der Waals surface area (Å²) >= 11 is 0. The molecule has 0 unspecified atom stereocenters. The van der Waals surface area contributed by atoms with Gasteiger partial charge in [-0.05, 0) is 37.4 Å². The van der Waals surface area contributed by atoms with E-state index in [-0.39, 0.29) is 18.5 Å². The standard InChI is InChI=1S/C21H25N5O4/c1-24-18(15-5-3-13(4-6-15)14-7-10-22-11-8-14)23-17-19(24)25(2)21(30)26(20(17)29)12-9-16(27)28/h3-6,14,22H,7-12H2,1-2H3,(H,27,28). The maximum atomic E-state index is 12.8. The Morgan fingerprint density at radius 1 is 1.13 bits per heavy atom. The smallest absolute Gasteiger partial charge is 0.332 e. The van der Waals surface area contributed by atoms with Crippen molar-refractivity contribution in [2.75, 3.05) is 13.1 Å². The molecule has 0 spiro atoms. The van der Waals surface area contributed by atoms with Crippen molar-refractivity contribution in [3.05, 3.63) is 50.7 Å². The van der Waals surface area contributed by atoms with Crippen LogP contribution in [0.25, 0.3) is 22.6 Å². The summed E-state index contributed by atoms with van der Waals surface area (Å²) in [7, 11) is 3.33. The number of nitrogens with zero attached hydrogens (tertiary/aromatic N) is 4. The van der Waals surface area contributed by atoms with Crippen LogP contribution in [0.3, 0.4) is 0 Å². The van der Waals surface area contributed by atoms with Crippen LogP contribution in [0, 0.1) is 0 Å². The molecule has 0 amide bonds. The quantitative estimate of drug-likeness (QED) is 0.649. The van der Waals surface area contributed by atoms with Gasteiger partial charge < -0.3 is 15.0 Å². The molecule has 0 radical (unpaired) electrons. The van der Waals surface area contributed by atoms with Crippen molar-refractivity contribution in [1.82, 2.24) is 24.0 Å². The third kappa shape index (κ3) is 3.45. The summed E-state index contributed by atoms with van der Waals surface area (Å²) in [6.45, 7) is 1.87. The molecule has 3 aromatic rings. The summed E-state index contributed by atoms with van der Waals surface area (Å²) in [6.07, 6.45) is 1.92. The highest BCUT2D eigenvalue weighted by atomic mass is 16.4. The number of fused-ring (bicyclic) bond motifs is 1. The van der Waals surface area contributed by atoms with Crippen LogP contribution in [0.5, 0.6) is 0 Å². The van der Waals surface area contributed by atoms with Crippen LogP contribution in [-0.2, 0) is 25.4 Å². The summed E-state index contributed by atoms with van der Waals surface area (Å²) in [5.41, 5.74) is 1.60. The molecule has 0 saturated carbocycles. The summed E-state index contributed by atoms with van der Waals surface area (Å²) in [5, 5.41) is 12.3. The number of nitrogens with one attached hydrogen (secondary N) is 1. The van der Waals surface area contributed by atoms with E-state index in [1.807, 2.05) is 12.1 Å². The number of aromatic nitrogens is 4. The molecule has 1 fully saturated rings. The summed E-state index contributed by atoms with van der Waals surface area (Å²) in [6, 6.07) is 8.21. The molecule has 2 aromatic heterocycles. The summed E-state index contributed by atoms with van der Waals surface area (Å²) < 4.78 is 4.02. The molecule has 1 aromatic carbocycles. The van der Waals surface area contributed by atoms with E-state index in [2.05, 4.69) is 22.4 Å². The van der Waals surface area contributed by atoms with Gasteiger partial charge in [-0.2, -0.15) is 0 Å². The van der Waals surface area contributed by atoms with Crippen molar-refractivity contribution in [2.45, 2.75) is 31.7 Å². The molecule has 2 N–H and O–H groups in total. The van der Waals surface area contributed by atoms with Crippen LogP contribution >= 0.6 is 0 Å². The third-order valence-electron chi connectivity index (χ3n) is 5.88. The first-order valence-electron chi connectivity index (χ1n) is 10.1. The van der Waals surface area contributed by atoms with E-state index in [9.17, 15) is 14.4 Å². The van der Waals surface area contributed by atoms with Crippen LogP contribution in [0.4, 0.5) is 0 Å². The number of aliphatic carboxylic acids is 1. The predicted molar refractivity (Wildman–Crippen MR) is 113 cm³/mol. The lowest BCUT2D eigenvalue weighted by molar-refractivity contribution is -0.137. The Bertz CT molecular complexity index is 1210. The van der Waals surface area contributed by atoms with Crippen LogP contribution in [0.1, 0.15) is 30.7 Å². The molecule has 0 bridgehead atoms. The van der Waals surface area contributed by atoms with E-state index >= 15 is 0 Å². The van der Waals surface area contributed by atoms with Crippen molar-refractivity contribution in [2.24, 2.45) is 14.1 Å². The molecule has 9 heteroatoms. The zero-order valence-electron chi connectivity index (χ0n) is 17.1. The number of benzene rings is 1. The van der Waals surface area contributed by atoms with Crippen molar-refractivity contribution < 1.29 is 9.90 Å². The first-order valence-corrected chi connectivity index (χ1v) is 10.1. The molecule has 4 rings (SSSR count). The fraction of sp³-hybridized carbons (Fsp3) is 0.429. The third-order valence-corrected chi connectivity index (χ3v) is 5.88. The van der Waals surface area contributed by atoms with Gasteiger partial charge in [0.2, 0.25) is 0 Å². The molecule has 1 aliphatic rings. The number of hydrogen-bond acceptors (Lipinski definition) is 5. The minimum atomic E-state index is -1.07. The van der Waals surface area contributed by atoms with Gasteiger partial charge in [-0.15, -0.1) is 0 Å². The second kappa shape index (κ2) is 7.91. The summed E-state index contributed by atoms with van der Waals surface area (Å²) in [4.78, 5) is 40.9. The molecule has 1 aliphatic heterocycles. The van der Waals surface area contributed by atoms with Gasteiger partial charge in [0.1, 0.15) is 11.5 Å². The number of rotatable bonds is 5. The van der Waals surface area contributed by atoms with Gasteiger partial charge in [0.15, 0.2) is 5.52 Å². The Morgan fingerprint density at radius 3 is 2.43 bits per heavy atom.